The van der Waals surface area contributed by atoms with Crippen LogP contribution >= 0.6 is 0 Å². The number of rotatable bonds is 9. The minimum Gasteiger partial charge on any atom is -0.489 e. The van der Waals surface area contributed by atoms with Crippen molar-refractivity contribution in [2.45, 2.75) is 56.6 Å². The van der Waals surface area contributed by atoms with Crippen molar-refractivity contribution in [2.75, 3.05) is 11.9 Å². The van der Waals surface area contributed by atoms with E-state index in [0.717, 1.165) is 55.9 Å². The van der Waals surface area contributed by atoms with Crippen molar-refractivity contribution in [2.24, 2.45) is 0 Å². The van der Waals surface area contributed by atoms with Gasteiger partial charge in [-0.1, -0.05) is 121 Å². The Kier molecular flexibility index (Phi) is 8.47. The van der Waals surface area contributed by atoms with E-state index in [0.29, 0.717) is 11.8 Å². The van der Waals surface area contributed by atoms with Crippen molar-refractivity contribution in [3.05, 3.63) is 167 Å². The monoisotopic (exact) mass is 614 g/mol. The van der Waals surface area contributed by atoms with Crippen molar-refractivity contribution in [1.29, 1.82) is 0 Å². The molecule has 47 heavy (non-hydrogen) atoms. The summed E-state index contributed by atoms with van der Waals surface area (Å²) in [5, 5.41) is 7.35. The smallest absolute Gasteiger partial charge is 0.124 e. The summed E-state index contributed by atoms with van der Waals surface area (Å²) in [6.07, 6.45) is 23.9. The molecule has 0 aromatic heterocycles. The maximum absolute atomic E-state index is 6.34. The van der Waals surface area contributed by atoms with Crippen LogP contribution in [0.3, 0.4) is 0 Å². The minimum atomic E-state index is 0.269. The van der Waals surface area contributed by atoms with Crippen molar-refractivity contribution < 1.29 is 4.74 Å². The zero-order chi connectivity index (χ0) is 31.4. The molecule has 3 nitrogen and oxygen atoms in total. The predicted molar refractivity (Wildman–Crippen MR) is 196 cm³/mol. The summed E-state index contributed by atoms with van der Waals surface area (Å²) in [5.41, 5.74) is 12.9. The fourth-order valence-electron chi connectivity index (χ4n) is 7.54. The molecule has 3 heteroatoms. The number of anilines is 2. The average molecular weight is 615 g/mol. The highest BCUT2D eigenvalue weighted by molar-refractivity contribution is 5.82. The van der Waals surface area contributed by atoms with Gasteiger partial charge in [-0.05, 0) is 84.2 Å². The minimum absolute atomic E-state index is 0.269. The second kappa shape index (κ2) is 13.5. The number of fused-ring (bicyclic) bond motifs is 3. The molecule has 3 atom stereocenters. The highest BCUT2D eigenvalue weighted by atomic mass is 16.5. The Hall–Kier alpha value is -4.86. The van der Waals surface area contributed by atoms with E-state index < -0.39 is 0 Å². The van der Waals surface area contributed by atoms with Gasteiger partial charge in [-0.25, -0.2) is 0 Å². The molecule has 0 amide bonds. The molecule has 4 aliphatic rings. The van der Waals surface area contributed by atoms with Gasteiger partial charge in [0.1, 0.15) is 11.9 Å². The Labute approximate surface area is 279 Å². The zero-order valence-electron chi connectivity index (χ0n) is 26.9. The first-order chi connectivity index (χ1) is 23.3. The third-order valence-corrected chi connectivity index (χ3v) is 10.1. The van der Waals surface area contributed by atoms with Crippen LogP contribution < -0.4 is 15.4 Å². The van der Waals surface area contributed by atoms with Crippen molar-refractivity contribution >= 4 is 16.9 Å². The Bertz CT molecular complexity index is 1890. The van der Waals surface area contributed by atoms with Gasteiger partial charge >= 0.3 is 0 Å². The van der Waals surface area contributed by atoms with Crippen molar-refractivity contribution in [3.8, 4) is 16.9 Å². The summed E-state index contributed by atoms with van der Waals surface area (Å²) in [6, 6.07) is 33.2. The number of para-hydroxylation sites is 1. The lowest BCUT2D eigenvalue weighted by molar-refractivity contribution is 0.204. The summed E-state index contributed by atoms with van der Waals surface area (Å²) in [7, 11) is 0. The van der Waals surface area contributed by atoms with Crippen LogP contribution in [-0.4, -0.2) is 12.6 Å². The summed E-state index contributed by atoms with van der Waals surface area (Å²) < 4.78 is 6.34. The van der Waals surface area contributed by atoms with Crippen LogP contribution in [0.25, 0.3) is 16.7 Å². The topological polar surface area (TPSA) is 33.3 Å². The second-order valence-corrected chi connectivity index (χ2v) is 13.2. The van der Waals surface area contributed by atoms with Crippen molar-refractivity contribution in [1.82, 2.24) is 5.32 Å². The standard InChI is InChI=1S/C44H42N2O/c1-2-10-31(11-3-1)29-45-30-32-20-22-33(23-21-32)35-12-8-13-36(28-35)38-14-4-6-17-41(38)46-37-26-24-34(25-27-37)39-16-9-19-43-44(39)40-15-5-7-18-42(40)47-43/h1-2,4-6,8-10,12-17,19-27,35,40,42,45-46H,3,7,11,18,28-30H2. The molecule has 3 unspecified atom stereocenters. The molecule has 8 rings (SSSR count). The molecule has 4 aromatic carbocycles. The number of ether oxygens (including phenoxy) is 1. The van der Waals surface area contributed by atoms with Crippen molar-refractivity contribution in [3.63, 3.8) is 0 Å². The van der Waals surface area contributed by atoms with Gasteiger partial charge < -0.3 is 15.4 Å². The molecule has 0 spiro atoms. The molecule has 2 N–H and O–H groups in total. The number of benzene rings is 4. The molecule has 0 fully saturated rings. The molecule has 3 aliphatic carbocycles. The lowest BCUT2D eigenvalue weighted by Crippen LogP contribution is -2.19. The fraction of sp³-hybridized carbons (Fsp3) is 0.227. The van der Waals surface area contributed by atoms with E-state index in [1.807, 2.05) is 0 Å². The number of hydrogen-bond donors (Lipinski definition) is 2. The van der Waals surface area contributed by atoms with Crippen LogP contribution in [-0.2, 0) is 6.54 Å². The Morgan fingerprint density at radius 3 is 2.47 bits per heavy atom. The normalized spacial score (nSPS) is 21.0. The van der Waals surface area contributed by atoms with E-state index in [1.165, 1.54) is 50.9 Å². The molecule has 0 radical (unpaired) electrons. The Balaban J connectivity index is 0.939. The molecular weight excluding hydrogens is 572 g/mol. The summed E-state index contributed by atoms with van der Waals surface area (Å²) >= 11 is 0. The van der Waals surface area contributed by atoms with Gasteiger partial charge in [-0.2, -0.15) is 0 Å². The Morgan fingerprint density at radius 1 is 0.723 bits per heavy atom. The van der Waals surface area contributed by atoms with Gasteiger partial charge in [0.25, 0.3) is 0 Å². The van der Waals surface area contributed by atoms with Gasteiger partial charge in [-0.15, -0.1) is 0 Å². The van der Waals surface area contributed by atoms with Gasteiger partial charge in [0, 0.05) is 47.4 Å². The number of nitrogens with one attached hydrogen (secondary N) is 2. The first kappa shape index (κ1) is 29.5. The second-order valence-electron chi connectivity index (χ2n) is 13.2. The lowest BCUT2D eigenvalue weighted by Gasteiger charge is -2.22. The van der Waals surface area contributed by atoms with Gasteiger partial charge in [0.2, 0.25) is 0 Å². The summed E-state index contributed by atoms with van der Waals surface area (Å²) in [4.78, 5) is 0. The SMILES string of the molecule is C1=CCCC(CNCc2ccc(C3C=CC=C(c4ccccc4Nc4ccc(-c5cccc6c5C5C=CCCC5O6)cc4)C3)cc2)=C1. The zero-order valence-corrected chi connectivity index (χ0v) is 26.9. The van der Waals surface area contributed by atoms with Crippen LogP contribution in [0.1, 0.15) is 66.2 Å². The summed E-state index contributed by atoms with van der Waals surface area (Å²) in [5.74, 6) is 1.75. The molecule has 0 saturated heterocycles. The van der Waals surface area contributed by atoms with E-state index in [2.05, 4.69) is 150 Å². The number of hydrogen-bond acceptors (Lipinski definition) is 3. The van der Waals surface area contributed by atoms with Crippen LogP contribution in [0.4, 0.5) is 11.4 Å². The van der Waals surface area contributed by atoms with E-state index in [-0.39, 0.29) is 6.10 Å². The Morgan fingerprint density at radius 2 is 1.60 bits per heavy atom. The van der Waals surface area contributed by atoms with E-state index in [9.17, 15) is 0 Å². The van der Waals surface area contributed by atoms with Crippen LogP contribution in [0.5, 0.6) is 5.75 Å². The van der Waals surface area contributed by atoms with E-state index >= 15 is 0 Å². The lowest BCUT2D eigenvalue weighted by atomic mass is 9.84. The molecule has 4 aromatic rings. The molecular formula is C44H42N2O. The van der Waals surface area contributed by atoms with E-state index in [4.69, 9.17) is 4.74 Å². The molecule has 1 heterocycles. The maximum atomic E-state index is 6.34. The molecule has 0 bridgehead atoms. The summed E-state index contributed by atoms with van der Waals surface area (Å²) in [6.45, 7) is 1.86. The highest BCUT2D eigenvalue weighted by Gasteiger charge is 2.35. The fourth-order valence-corrected chi connectivity index (χ4v) is 7.54. The van der Waals surface area contributed by atoms with Crippen LogP contribution in [0, 0.1) is 0 Å². The molecule has 1 aliphatic heterocycles. The molecule has 0 saturated carbocycles. The maximum Gasteiger partial charge on any atom is 0.124 e. The largest absolute Gasteiger partial charge is 0.489 e. The average Bonchev–Trinajstić information content (AvgIpc) is 3.52. The first-order valence-electron chi connectivity index (χ1n) is 17.2. The highest BCUT2D eigenvalue weighted by Crippen LogP contribution is 2.47. The van der Waals surface area contributed by atoms with Crippen LogP contribution in [0.2, 0.25) is 0 Å². The van der Waals surface area contributed by atoms with Gasteiger partial charge in [0.05, 0.1) is 0 Å². The van der Waals surface area contributed by atoms with Gasteiger partial charge in [-0.3, -0.25) is 0 Å². The third kappa shape index (κ3) is 6.41. The van der Waals surface area contributed by atoms with Crippen LogP contribution in [0.15, 0.2) is 145 Å². The molecule has 234 valence electrons. The third-order valence-electron chi connectivity index (χ3n) is 10.1. The van der Waals surface area contributed by atoms with E-state index in [1.54, 1.807) is 0 Å². The van der Waals surface area contributed by atoms with Gasteiger partial charge in [0.15, 0.2) is 0 Å². The quantitative estimate of drug-likeness (QED) is 0.184. The number of allylic oxidation sites excluding steroid dienone is 8. The first-order valence-corrected chi connectivity index (χ1v) is 17.2. The predicted octanol–water partition coefficient (Wildman–Crippen LogP) is 10.8.